The van der Waals surface area contributed by atoms with Gasteiger partial charge < -0.3 is 10.6 Å². The van der Waals surface area contributed by atoms with E-state index in [0.29, 0.717) is 13.0 Å². The van der Waals surface area contributed by atoms with Crippen LogP contribution in [0.1, 0.15) is 23.6 Å². The summed E-state index contributed by atoms with van der Waals surface area (Å²) >= 11 is 0. The van der Waals surface area contributed by atoms with Gasteiger partial charge in [0.05, 0.1) is 6.42 Å². The standard InChI is InChI=1S/C18H20N2O2/c1-13-5-3-4-6-16(13)11-18(22)19-12-15-7-9-17(10-8-15)20-14(2)21/h3-10H,11-12H2,1-2H3,(H,19,22)(H,20,21). The molecule has 0 radical (unpaired) electrons. The summed E-state index contributed by atoms with van der Waals surface area (Å²) in [5, 5.41) is 5.62. The Kier molecular flexibility index (Phi) is 5.31. The zero-order chi connectivity index (χ0) is 15.9. The molecule has 4 nitrogen and oxygen atoms in total. The Morgan fingerprint density at radius 3 is 2.32 bits per heavy atom. The molecule has 0 fully saturated rings. The van der Waals surface area contributed by atoms with Gasteiger partial charge in [0.2, 0.25) is 11.8 Å². The number of benzene rings is 2. The van der Waals surface area contributed by atoms with Crippen LogP contribution in [0.25, 0.3) is 0 Å². The van der Waals surface area contributed by atoms with Crippen molar-refractivity contribution in [3.63, 3.8) is 0 Å². The predicted molar refractivity (Wildman–Crippen MR) is 87.5 cm³/mol. The van der Waals surface area contributed by atoms with Gasteiger partial charge in [0.15, 0.2) is 0 Å². The molecule has 2 aromatic carbocycles. The third-order valence-corrected chi connectivity index (χ3v) is 3.38. The number of anilines is 1. The van der Waals surface area contributed by atoms with Crippen molar-refractivity contribution < 1.29 is 9.59 Å². The van der Waals surface area contributed by atoms with E-state index in [9.17, 15) is 9.59 Å². The number of hydrogen-bond donors (Lipinski definition) is 2. The molecule has 0 aliphatic rings. The second kappa shape index (κ2) is 7.41. The molecule has 0 aliphatic heterocycles. The number of aryl methyl sites for hydroxylation is 1. The second-order valence-corrected chi connectivity index (χ2v) is 5.26. The number of nitrogens with one attached hydrogen (secondary N) is 2. The molecule has 22 heavy (non-hydrogen) atoms. The van der Waals surface area contributed by atoms with E-state index in [1.54, 1.807) is 0 Å². The number of hydrogen-bond acceptors (Lipinski definition) is 2. The van der Waals surface area contributed by atoms with E-state index in [2.05, 4.69) is 10.6 Å². The van der Waals surface area contributed by atoms with Gasteiger partial charge >= 0.3 is 0 Å². The maximum atomic E-state index is 12.0. The second-order valence-electron chi connectivity index (χ2n) is 5.26. The summed E-state index contributed by atoms with van der Waals surface area (Å²) in [6.07, 6.45) is 0.386. The van der Waals surface area contributed by atoms with Crippen LogP contribution >= 0.6 is 0 Å². The molecule has 0 atom stereocenters. The third-order valence-electron chi connectivity index (χ3n) is 3.38. The average molecular weight is 296 g/mol. The van der Waals surface area contributed by atoms with E-state index in [1.165, 1.54) is 6.92 Å². The van der Waals surface area contributed by atoms with Gasteiger partial charge in [-0.1, -0.05) is 36.4 Å². The Hall–Kier alpha value is -2.62. The first-order valence-corrected chi connectivity index (χ1v) is 7.22. The Morgan fingerprint density at radius 2 is 1.68 bits per heavy atom. The highest BCUT2D eigenvalue weighted by Crippen LogP contribution is 2.10. The van der Waals surface area contributed by atoms with Crippen LogP contribution < -0.4 is 10.6 Å². The molecule has 0 bridgehead atoms. The van der Waals surface area contributed by atoms with E-state index >= 15 is 0 Å². The molecule has 0 aromatic heterocycles. The summed E-state index contributed by atoms with van der Waals surface area (Å²) in [6, 6.07) is 15.3. The van der Waals surface area contributed by atoms with E-state index < -0.39 is 0 Å². The number of amides is 2. The fraction of sp³-hybridized carbons (Fsp3) is 0.222. The fourth-order valence-electron chi connectivity index (χ4n) is 2.15. The van der Waals surface area contributed by atoms with Crippen molar-refractivity contribution >= 4 is 17.5 Å². The molecular weight excluding hydrogens is 276 g/mol. The lowest BCUT2D eigenvalue weighted by molar-refractivity contribution is -0.120. The van der Waals surface area contributed by atoms with E-state index in [1.807, 2.05) is 55.5 Å². The Bertz CT molecular complexity index is 663. The van der Waals surface area contributed by atoms with Crippen LogP contribution in [0.4, 0.5) is 5.69 Å². The lowest BCUT2D eigenvalue weighted by Gasteiger charge is -2.08. The molecule has 0 saturated carbocycles. The molecule has 2 amide bonds. The zero-order valence-electron chi connectivity index (χ0n) is 12.8. The van der Waals surface area contributed by atoms with Crippen LogP contribution in [0.5, 0.6) is 0 Å². The van der Waals surface area contributed by atoms with Gasteiger partial charge in [-0.15, -0.1) is 0 Å². The molecule has 0 heterocycles. The number of carbonyl (C=O) groups is 2. The van der Waals surface area contributed by atoms with Gasteiger partial charge in [-0.2, -0.15) is 0 Å². The molecule has 0 aliphatic carbocycles. The smallest absolute Gasteiger partial charge is 0.224 e. The predicted octanol–water partition coefficient (Wildman–Crippen LogP) is 2.81. The molecule has 0 saturated heterocycles. The first-order chi connectivity index (χ1) is 10.5. The largest absolute Gasteiger partial charge is 0.352 e. The summed E-state index contributed by atoms with van der Waals surface area (Å²) in [6.45, 7) is 3.95. The van der Waals surface area contributed by atoms with Gasteiger partial charge in [0.1, 0.15) is 0 Å². The number of carbonyl (C=O) groups excluding carboxylic acids is 2. The van der Waals surface area contributed by atoms with Crippen molar-refractivity contribution in [3.05, 3.63) is 65.2 Å². The van der Waals surface area contributed by atoms with E-state index in [0.717, 1.165) is 22.4 Å². The summed E-state index contributed by atoms with van der Waals surface area (Å²) < 4.78 is 0. The molecule has 0 spiro atoms. The maximum Gasteiger partial charge on any atom is 0.224 e. The van der Waals surface area contributed by atoms with Gasteiger partial charge in [-0.3, -0.25) is 9.59 Å². The first kappa shape index (κ1) is 15.8. The summed E-state index contributed by atoms with van der Waals surface area (Å²) in [5.41, 5.74) is 3.91. The first-order valence-electron chi connectivity index (χ1n) is 7.22. The van der Waals surface area contributed by atoms with Gasteiger partial charge in [0, 0.05) is 19.2 Å². The third kappa shape index (κ3) is 4.74. The van der Waals surface area contributed by atoms with Crippen molar-refractivity contribution in [2.75, 3.05) is 5.32 Å². The Labute approximate surface area is 130 Å². The summed E-state index contributed by atoms with van der Waals surface area (Å²) in [4.78, 5) is 22.9. The Morgan fingerprint density at radius 1 is 1.00 bits per heavy atom. The van der Waals surface area contributed by atoms with E-state index in [-0.39, 0.29) is 11.8 Å². The zero-order valence-corrected chi connectivity index (χ0v) is 12.8. The fourth-order valence-corrected chi connectivity index (χ4v) is 2.15. The highest BCUT2D eigenvalue weighted by atomic mass is 16.2. The molecule has 2 N–H and O–H groups in total. The average Bonchev–Trinajstić information content (AvgIpc) is 2.48. The minimum atomic E-state index is -0.0979. The summed E-state index contributed by atoms with van der Waals surface area (Å²) in [7, 11) is 0. The van der Waals surface area contributed by atoms with Crippen molar-refractivity contribution in [1.29, 1.82) is 0 Å². The molecule has 114 valence electrons. The highest BCUT2D eigenvalue weighted by molar-refractivity contribution is 5.88. The normalized spacial score (nSPS) is 10.1. The SMILES string of the molecule is CC(=O)Nc1ccc(CNC(=O)Cc2ccccc2C)cc1. The van der Waals surface area contributed by atoms with Crippen LogP contribution in [-0.4, -0.2) is 11.8 Å². The molecule has 2 rings (SSSR count). The van der Waals surface area contributed by atoms with Gasteiger partial charge in [-0.05, 0) is 35.7 Å². The van der Waals surface area contributed by atoms with Gasteiger partial charge in [-0.25, -0.2) is 0 Å². The van der Waals surface area contributed by atoms with Crippen LogP contribution in [0, 0.1) is 6.92 Å². The van der Waals surface area contributed by atoms with Crippen molar-refractivity contribution in [1.82, 2.24) is 5.32 Å². The van der Waals surface area contributed by atoms with Crippen LogP contribution in [0.15, 0.2) is 48.5 Å². The van der Waals surface area contributed by atoms with Crippen molar-refractivity contribution in [2.45, 2.75) is 26.8 Å². The lowest BCUT2D eigenvalue weighted by atomic mass is 10.1. The maximum absolute atomic E-state index is 12.0. The molecule has 2 aromatic rings. The van der Waals surface area contributed by atoms with Crippen molar-refractivity contribution in [2.24, 2.45) is 0 Å². The van der Waals surface area contributed by atoms with Crippen LogP contribution in [0.2, 0.25) is 0 Å². The lowest BCUT2D eigenvalue weighted by Crippen LogP contribution is -2.24. The monoisotopic (exact) mass is 296 g/mol. The quantitative estimate of drug-likeness (QED) is 0.891. The van der Waals surface area contributed by atoms with Crippen LogP contribution in [0.3, 0.4) is 0 Å². The molecule has 4 heteroatoms. The van der Waals surface area contributed by atoms with Gasteiger partial charge in [0.25, 0.3) is 0 Å². The summed E-state index contributed by atoms with van der Waals surface area (Å²) in [5.74, 6) is -0.0977. The minimum absolute atomic E-state index is 0.000220. The number of rotatable bonds is 5. The topological polar surface area (TPSA) is 58.2 Å². The van der Waals surface area contributed by atoms with Crippen LogP contribution in [-0.2, 0) is 22.6 Å². The minimum Gasteiger partial charge on any atom is -0.352 e. The van der Waals surface area contributed by atoms with E-state index in [4.69, 9.17) is 0 Å². The molecular formula is C18H20N2O2. The highest BCUT2D eigenvalue weighted by Gasteiger charge is 2.05. The Balaban J connectivity index is 1.86. The van der Waals surface area contributed by atoms with Crippen molar-refractivity contribution in [3.8, 4) is 0 Å². The molecule has 0 unspecified atom stereocenters.